The monoisotopic (exact) mass is 363 g/mol. The molecular weight excluding hydrogens is 342 g/mol. The van der Waals surface area contributed by atoms with E-state index in [-0.39, 0.29) is 5.41 Å². The minimum absolute atomic E-state index is 0.105. The second kappa shape index (κ2) is 7.64. The molecule has 3 rings (SSSR count). The van der Waals surface area contributed by atoms with E-state index < -0.39 is 10.2 Å². The molecule has 1 atom stereocenters. The summed E-state index contributed by atoms with van der Waals surface area (Å²) in [4.78, 5) is 0. The Hall–Kier alpha value is -1.76. The van der Waals surface area contributed by atoms with Crippen LogP contribution in [-0.4, -0.2) is 16.8 Å². The Bertz CT molecular complexity index is 750. The fourth-order valence-corrected chi connectivity index (χ4v) is 3.48. The number of rotatable bonds is 3. The number of para-hydroxylation sites is 1. The molecule has 2 aromatic carbocycles. The predicted octanol–water partition coefficient (Wildman–Crippen LogP) is -0.431. The highest BCUT2D eigenvalue weighted by Gasteiger charge is 2.45. The van der Waals surface area contributed by atoms with E-state index >= 15 is 0 Å². The number of hydrogen-bond donors (Lipinski definition) is 0. The van der Waals surface area contributed by atoms with Crippen molar-refractivity contribution in [3.05, 3.63) is 65.7 Å². The van der Waals surface area contributed by atoms with Gasteiger partial charge in [0.2, 0.25) is 5.69 Å². The SMILES string of the molecule is CC[N+]1=C(C)C(C)(Cc2ccccc2)c2ccccc21.[O-][Cl+3]([O-])([O-])[O-]. The Morgan fingerprint density at radius 1 is 0.920 bits per heavy atom. The van der Waals surface area contributed by atoms with Crippen molar-refractivity contribution in [2.75, 3.05) is 6.54 Å². The quantitative estimate of drug-likeness (QED) is 0.691. The third-order valence-electron chi connectivity index (χ3n) is 4.71. The van der Waals surface area contributed by atoms with E-state index in [1.807, 2.05) is 0 Å². The van der Waals surface area contributed by atoms with Gasteiger partial charge < -0.3 is 0 Å². The molecule has 1 unspecified atom stereocenters. The molecule has 2 aromatic rings. The van der Waals surface area contributed by atoms with Crippen molar-refractivity contribution in [3.63, 3.8) is 0 Å². The van der Waals surface area contributed by atoms with Gasteiger partial charge in [0.25, 0.3) is 0 Å². The van der Waals surface area contributed by atoms with Gasteiger partial charge in [0.05, 0.1) is 5.41 Å². The standard InChI is InChI=1S/C19H22N.ClHO4/c1-4-20-15(2)19(3,14-16-10-6-5-7-11-16)17-12-8-9-13-18(17)20;2-1(3,4)5/h5-13H,4,14H2,1-3H3;(H,2,3,4,5)/q+1;/p-1. The lowest BCUT2D eigenvalue weighted by Gasteiger charge is -2.22. The van der Waals surface area contributed by atoms with Crippen LogP contribution < -0.4 is 18.6 Å². The summed E-state index contributed by atoms with van der Waals surface area (Å²) in [5.74, 6) is 0. The molecule has 0 bridgehead atoms. The Balaban J connectivity index is 0.000000399. The van der Waals surface area contributed by atoms with Gasteiger partial charge in [-0.05, 0) is 25.8 Å². The summed E-state index contributed by atoms with van der Waals surface area (Å²) in [6.07, 6.45) is 1.06. The molecule has 25 heavy (non-hydrogen) atoms. The molecule has 1 heterocycles. The molecule has 0 aliphatic carbocycles. The molecule has 134 valence electrons. The molecule has 0 saturated carbocycles. The van der Waals surface area contributed by atoms with Crippen LogP contribution in [0.2, 0.25) is 0 Å². The molecular formula is C19H22ClNO4. The summed E-state index contributed by atoms with van der Waals surface area (Å²) in [6, 6.07) is 19.7. The van der Waals surface area contributed by atoms with Crippen molar-refractivity contribution in [2.24, 2.45) is 0 Å². The highest BCUT2D eigenvalue weighted by atomic mass is 35.7. The molecule has 0 spiro atoms. The van der Waals surface area contributed by atoms with E-state index in [2.05, 4.69) is 79.9 Å². The number of halogens is 1. The third-order valence-corrected chi connectivity index (χ3v) is 4.71. The highest BCUT2D eigenvalue weighted by molar-refractivity contribution is 5.94. The maximum atomic E-state index is 8.49. The second-order valence-corrected chi connectivity index (χ2v) is 6.98. The van der Waals surface area contributed by atoms with Crippen LogP contribution in [-0.2, 0) is 11.8 Å². The first kappa shape index (κ1) is 19.6. The summed E-state index contributed by atoms with van der Waals surface area (Å²) in [5.41, 5.74) is 5.81. The average Bonchev–Trinajstić information content (AvgIpc) is 2.75. The fraction of sp³-hybridized carbons (Fsp3) is 0.316. The van der Waals surface area contributed by atoms with Crippen molar-refractivity contribution in [3.8, 4) is 0 Å². The summed E-state index contributed by atoms with van der Waals surface area (Å²) in [7, 11) is -4.94. The van der Waals surface area contributed by atoms with Crippen LogP contribution in [0.15, 0.2) is 54.6 Å². The highest BCUT2D eigenvalue weighted by Crippen LogP contribution is 2.41. The minimum Gasteiger partial charge on any atom is -0.222 e. The summed E-state index contributed by atoms with van der Waals surface area (Å²) in [6.45, 7) is 7.93. The number of hydrogen-bond acceptors (Lipinski definition) is 4. The van der Waals surface area contributed by atoms with Gasteiger partial charge in [0.15, 0.2) is 5.71 Å². The molecule has 0 saturated heterocycles. The van der Waals surface area contributed by atoms with Crippen molar-refractivity contribution in [2.45, 2.75) is 32.6 Å². The van der Waals surface area contributed by atoms with Crippen molar-refractivity contribution < 1.29 is 33.5 Å². The summed E-state index contributed by atoms with van der Waals surface area (Å²) in [5, 5.41) is 0. The van der Waals surface area contributed by atoms with Crippen LogP contribution >= 0.6 is 0 Å². The van der Waals surface area contributed by atoms with E-state index in [1.165, 1.54) is 22.5 Å². The maximum absolute atomic E-state index is 8.49. The molecule has 1 aliphatic heterocycles. The van der Waals surface area contributed by atoms with E-state index in [9.17, 15) is 0 Å². The Labute approximate surface area is 150 Å². The van der Waals surface area contributed by atoms with Gasteiger partial charge in [-0.25, -0.2) is 18.6 Å². The fourth-order valence-electron chi connectivity index (χ4n) is 3.48. The first-order valence-electron chi connectivity index (χ1n) is 8.03. The molecule has 6 heteroatoms. The maximum Gasteiger partial charge on any atom is 0.209 e. The molecule has 0 radical (unpaired) electrons. The zero-order valence-corrected chi connectivity index (χ0v) is 15.3. The van der Waals surface area contributed by atoms with Crippen molar-refractivity contribution in [1.82, 2.24) is 0 Å². The van der Waals surface area contributed by atoms with E-state index in [0.717, 1.165) is 13.0 Å². The van der Waals surface area contributed by atoms with Gasteiger partial charge in [-0.1, -0.05) is 48.5 Å². The number of benzene rings is 2. The number of fused-ring (bicyclic) bond motifs is 1. The van der Waals surface area contributed by atoms with Gasteiger partial charge in [-0.3, -0.25) is 0 Å². The largest absolute Gasteiger partial charge is 0.222 e. The van der Waals surface area contributed by atoms with Crippen LogP contribution in [0.3, 0.4) is 0 Å². The van der Waals surface area contributed by atoms with Gasteiger partial charge in [0.1, 0.15) is 6.54 Å². The Morgan fingerprint density at radius 3 is 2.00 bits per heavy atom. The Morgan fingerprint density at radius 2 is 1.44 bits per heavy atom. The third kappa shape index (κ3) is 4.66. The summed E-state index contributed by atoms with van der Waals surface area (Å²) < 4.78 is 36.4. The van der Waals surface area contributed by atoms with Crippen LogP contribution in [0.25, 0.3) is 0 Å². The van der Waals surface area contributed by atoms with Crippen LogP contribution in [0.5, 0.6) is 0 Å². The molecule has 0 N–H and O–H groups in total. The molecule has 5 nitrogen and oxygen atoms in total. The number of nitrogens with zero attached hydrogens (tertiary/aromatic N) is 1. The second-order valence-electron chi connectivity index (χ2n) is 6.22. The molecule has 1 aliphatic rings. The molecule has 0 aromatic heterocycles. The van der Waals surface area contributed by atoms with Crippen LogP contribution in [0.1, 0.15) is 31.9 Å². The molecule has 0 fully saturated rings. The normalized spacial score (nSPS) is 19.3. The van der Waals surface area contributed by atoms with Gasteiger partial charge >= 0.3 is 0 Å². The van der Waals surface area contributed by atoms with Crippen molar-refractivity contribution >= 4 is 11.4 Å². The first-order valence-corrected chi connectivity index (χ1v) is 9.27. The lowest BCUT2D eigenvalue weighted by molar-refractivity contribution is -2.00. The van der Waals surface area contributed by atoms with Crippen LogP contribution in [0, 0.1) is 10.2 Å². The van der Waals surface area contributed by atoms with Gasteiger partial charge in [-0.2, -0.15) is 4.58 Å². The lowest BCUT2D eigenvalue weighted by Crippen LogP contribution is -2.68. The van der Waals surface area contributed by atoms with E-state index in [1.54, 1.807) is 0 Å². The predicted molar refractivity (Wildman–Crippen MR) is 85.1 cm³/mol. The lowest BCUT2D eigenvalue weighted by atomic mass is 9.75. The average molecular weight is 364 g/mol. The van der Waals surface area contributed by atoms with E-state index in [4.69, 9.17) is 18.6 Å². The zero-order chi connectivity index (χ0) is 18.7. The van der Waals surface area contributed by atoms with Gasteiger partial charge in [-0.15, -0.1) is 10.2 Å². The van der Waals surface area contributed by atoms with Gasteiger partial charge in [0, 0.05) is 18.6 Å². The summed E-state index contributed by atoms with van der Waals surface area (Å²) >= 11 is 0. The zero-order valence-electron chi connectivity index (χ0n) is 14.6. The topological polar surface area (TPSA) is 95.2 Å². The minimum atomic E-state index is -4.94. The van der Waals surface area contributed by atoms with Crippen LogP contribution in [0.4, 0.5) is 5.69 Å². The molecule has 0 amide bonds. The smallest absolute Gasteiger partial charge is 0.209 e. The Kier molecular flexibility index (Phi) is 5.98. The first-order chi connectivity index (χ1) is 11.7. The van der Waals surface area contributed by atoms with Crippen molar-refractivity contribution in [1.29, 1.82) is 0 Å². The van der Waals surface area contributed by atoms with E-state index in [0.29, 0.717) is 0 Å².